The average Bonchev–Trinajstić information content (AvgIpc) is 2.07. The van der Waals surface area contributed by atoms with Gasteiger partial charge in [0, 0.05) is 6.07 Å². The molecule has 0 unspecified atom stereocenters. The smallest absolute Gasteiger partial charge is 1.00 e. The van der Waals surface area contributed by atoms with E-state index in [2.05, 4.69) is 0 Å². The Morgan fingerprint density at radius 3 is 1.74 bits per heavy atom. The summed E-state index contributed by atoms with van der Waals surface area (Å²) < 4.78 is 60.7. The second kappa shape index (κ2) is 7.27. The van der Waals surface area contributed by atoms with Crippen LogP contribution >= 0.6 is 11.6 Å². The van der Waals surface area contributed by atoms with E-state index in [-0.39, 0.29) is 62.0 Å². The van der Waals surface area contributed by atoms with Crippen molar-refractivity contribution in [2.75, 3.05) is 0 Å². The summed E-state index contributed by atoms with van der Waals surface area (Å²) >= 11 is 5.31. The maximum absolute atomic E-state index is 10.8. The number of hydrogen-bond donors (Lipinski definition) is 4. The first-order chi connectivity index (χ1) is 7.46. The molecule has 0 saturated heterocycles. The van der Waals surface area contributed by atoms with E-state index in [0.717, 1.165) is 0 Å². The minimum absolute atomic E-state index is 0. The van der Waals surface area contributed by atoms with Crippen molar-refractivity contribution in [3.8, 4) is 11.5 Å². The van der Waals surface area contributed by atoms with Crippen molar-refractivity contribution in [3.05, 3.63) is 11.1 Å². The third-order valence-electron chi connectivity index (χ3n) is 1.68. The van der Waals surface area contributed by atoms with Gasteiger partial charge in [0.25, 0.3) is 20.2 Å². The van der Waals surface area contributed by atoms with Crippen LogP contribution in [0.2, 0.25) is 5.02 Å². The molecule has 0 spiro atoms. The van der Waals surface area contributed by atoms with Gasteiger partial charge >= 0.3 is 59.1 Å². The van der Waals surface area contributed by atoms with Crippen LogP contribution in [-0.2, 0) is 20.2 Å². The maximum atomic E-state index is 10.8. The molecule has 0 aliphatic carbocycles. The molecule has 0 atom stereocenters. The number of halogens is 1. The molecule has 1 rings (SSSR count). The summed E-state index contributed by atoms with van der Waals surface area (Å²) in [4.78, 5) is -2.58. The number of aromatic hydroxyl groups is 2. The third-order valence-corrected chi connectivity index (χ3v) is 4.08. The largest absolute Gasteiger partial charge is 1.00 e. The van der Waals surface area contributed by atoms with Gasteiger partial charge in [-0.2, -0.15) is 16.8 Å². The Morgan fingerprint density at radius 2 is 1.42 bits per heavy atom. The Balaban J connectivity index is -0.000000361. The van der Waals surface area contributed by atoms with Gasteiger partial charge in [-0.05, 0) is 0 Å². The molecule has 1 aromatic rings. The zero-order valence-electron chi connectivity index (χ0n) is 11.7. The molecule has 0 amide bonds. The molecule has 0 fully saturated rings. The summed E-state index contributed by atoms with van der Waals surface area (Å²) in [5.74, 6) is -2.51. The fourth-order valence-electron chi connectivity index (χ4n) is 1.01. The van der Waals surface area contributed by atoms with E-state index in [1.165, 1.54) is 0 Å². The molecule has 0 aliphatic heterocycles. The van der Waals surface area contributed by atoms with Gasteiger partial charge in [0.15, 0.2) is 16.4 Å². The quantitative estimate of drug-likeness (QED) is 0.234. The molecule has 8 nitrogen and oxygen atoms in total. The number of hydrogen-bond acceptors (Lipinski definition) is 6. The van der Waals surface area contributed by atoms with Crippen molar-refractivity contribution in [1.29, 1.82) is 0 Å². The summed E-state index contributed by atoms with van der Waals surface area (Å²) in [7, 11) is -10.0. The van der Waals surface area contributed by atoms with Gasteiger partial charge in [-0.1, -0.05) is 11.6 Å². The van der Waals surface area contributed by atoms with Gasteiger partial charge in [-0.25, -0.2) is 0 Å². The van der Waals surface area contributed by atoms with Crippen LogP contribution in [0, 0.1) is 0 Å². The van der Waals surface area contributed by atoms with E-state index in [4.69, 9.17) is 30.9 Å². The van der Waals surface area contributed by atoms with Gasteiger partial charge in [0.1, 0.15) is 4.90 Å². The van der Waals surface area contributed by atoms with Crippen molar-refractivity contribution in [1.82, 2.24) is 0 Å². The summed E-state index contributed by atoms with van der Waals surface area (Å²) in [6, 6.07) is 0.335. The first-order valence-corrected chi connectivity index (χ1v) is 6.91. The van der Waals surface area contributed by atoms with Crippen LogP contribution in [0.4, 0.5) is 0 Å². The topological polar surface area (TPSA) is 149 Å². The molecule has 0 radical (unpaired) electrons. The van der Waals surface area contributed by atoms with Gasteiger partial charge in [-0.15, -0.1) is 0 Å². The molecule has 0 aliphatic rings. The van der Waals surface area contributed by atoms with Gasteiger partial charge < -0.3 is 13.1 Å². The van der Waals surface area contributed by atoms with E-state index in [1.807, 2.05) is 0 Å². The van der Waals surface area contributed by atoms with E-state index in [1.54, 1.807) is 0 Å². The number of benzene rings is 1. The predicted octanol–water partition coefficient (Wildman–Crippen LogP) is -5.52. The Morgan fingerprint density at radius 1 is 1.00 bits per heavy atom. The van der Waals surface area contributed by atoms with Crippen LogP contribution in [0.25, 0.3) is 0 Å². The normalized spacial score (nSPS) is 11.3. The Kier molecular flexibility index (Phi) is 8.50. The number of rotatable bonds is 2. The Bertz CT molecular complexity index is 693. The predicted molar refractivity (Wildman–Crippen MR) is 56.6 cm³/mol. The minimum Gasteiger partial charge on any atom is -1.00 e. The fourth-order valence-corrected chi connectivity index (χ4v) is 3.08. The zero-order valence-corrected chi connectivity index (χ0v) is 16.1. The second-order valence-corrected chi connectivity index (χ2v) is 5.96. The van der Waals surface area contributed by atoms with Crippen LogP contribution in [0.15, 0.2) is 15.9 Å². The van der Waals surface area contributed by atoms with Gasteiger partial charge in [0.2, 0.25) is 0 Å². The monoisotopic (exact) mass is 352 g/mol. The summed E-state index contributed by atoms with van der Waals surface area (Å²) in [6.45, 7) is 0. The number of phenols is 2. The maximum Gasteiger partial charge on any atom is 1.00 e. The van der Waals surface area contributed by atoms with Crippen molar-refractivity contribution >= 4 is 31.8 Å². The first kappa shape index (κ1) is 22.2. The van der Waals surface area contributed by atoms with Gasteiger partial charge in [-0.3, -0.25) is 9.11 Å². The molecule has 13 heteroatoms. The molecule has 0 aromatic heterocycles. The van der Waals surface area contributed by atoms with E-state index in [0.29, 0.717) is 6.07 Å². The molecular weight excluding hydrogens is 346 g/mol. The zero-order chi connectivity index (χ0) is 13.6. The van der Waals surface area contributed by atoms with Crippen LogP contribution in [-0.4, -0.2) is 36.2 Å². The summed E-state index contributed by atoms with van der Waals surface area (Å²) in [5, 5.41) is 17.1. The average molecular weight is 353 g/mol. The fraction of sp³-hybridized carbons (Fsp3) is 0. The van der Waals surface area contributed by atoms with E-state index in [9.17, 15) is 16.8 Å². The van der Waals surface area contributed by atoms with E-state index >= 15 is 0 Å². The molecule has 1 aromatic carbocycles. The molecule has 0 heterocycles. The van der Waals surface area contributed by atoms with Crippen molar-refractivity contribution < 1.29 is 98.1 Å². The van der Waals surface area contributed by atoms with Crippen LogP contribution < -0.4 is 59.1 Å². The molecule has 0 bridgehead atoms. The standard InChI is InChI=1S/C6H5ClO8S2.2Na.2H/c7-4-3(16(10,11)12)1-2(8)5(9)6(4)17(13,14)15;;;;/h1,8-9H,(H,10,11,12)(H,13,14,15);;;;/q;2*+1;2*-1. The molecule has 0 saturated carbocycles. The van der Waals surface area contributed by atoms with Crippen LogP contribution in [0.3, 0.4) is 0 Å². The van der Waals surface area contributed by atoms with Crippen LogP contribution in [0.1, 0.15) is 2.85 Å². The van der Waals surface area contributed by atoms with Gasteiger partial charge in [0.05, 0.1) is 5.02 Å². The Hall–Kier alpha value is 0.930. The van der Waals surface area contributed by atoms with Crippen LogP contribution in [0.5, 0.6) is 11.5 Å². The molecule has 4 N–H and O–H groups in total. The summed E-state index contributed by atoms with van der Waals surface area (Å²) in [6.07, 6.45) is 0. The van der Waals surface area contributed by atoms with Crippen molar-refractivity contribution in [3.63, 3.8) is 0 Å². The van der Waals surface area contributed by atoms with Crippen molar-refractivity contribution in [2.45, 2.75) is 9.79 Å². The third kappa shape index (κ3) is 5.00. The Labute approximate surface area is 160 Å². The molecular formula is C6H7ClNa2O8S2. The minimum atomic E-state index is -5.09. The second-order valence-electron chi connectivity index (χ2n) is 2.84. The number of phenolic OH excluding ortho intramolecular Hbond substituents is 2. The van der Waals surface area contributed by atoms with E-state index < -0.39 is 46.5 Å². The van der Waals surface area contributed by atoms with Crippen molar-refractivity contribution in [2.24, 2.45) is 0 Å². The summed E-state index contributed by atoms with van der Waals surface area (Å²) in [5.41, 5.74) is 0. The molecule has 19 heavy (non-hydrogen) atoms. The first-order valence-electron chi connectivity index (χ1n) is 3.65. The SMILES string of the molecule is O=S(=O)(O)c1cc(O)c(O)c(S(=O)(=O)O)c1Cl.[H-].[H-].[Na+].[Na+]. The molecule has 100 valence electrons.